The number of primary amides is 1. The Morgan fingerprint density at radius 1 is 1.12 bits per heavy atom. The van der Waals surface area contributed by atoms with Crippen LogP contribution in [0.2, 0.25) is 0 Å². The minimum atomic E-state index is -0.775. The van der Waals surface area contributed by atoms with E-state index in [4.69, 9.17) is 10.5 Å². The molecule has 0 aliphatic carbocycles. The van der Waals surface area contributed by atoms with E-state index >= 15 is 0 Å². The molecule has 26 heavy (non-hydrogen) atoms. The number of rotatable bonds is 5. The maximum Gasteiger partial charge on any atom is 0.328 e. The molecule has 0 aliphatic heterocycles. The summed E-state index contributed by atoms with van der Waals surface area (Å²) < 4.78 is 6.10. The van der Waals surface area contributed by atoms with Gasteiger partial charge in [-0.15, -0.1) is 0 Å². The largest absolute Gasteiger partial charge is 0.459 e. The molecule has 0 bridgehead atoms. The molecule has 0 saturated heterocycles. The Kier molecular flexibility index (Phi) is 4.79. The number of aromatic nitrogens is 2. The van der Waals surface area contributed by atoms with Gasteiger partial charge in [-0.05, 0) is 18.6 Å². The van der Waals surface area contributed by atoms with Crippen molar-refractivity contribution in [2.75, 3.05) is 0 Å². The Labute approximate surface area is 149 Å². The Morgan fingerprint density at radius 2 is 1.85 bits per heavy atom. The van der Waals surface area contributed by atoms with Crippen molar-refractivity contribution in [2.45, 2.75) is 20.1 Å². The highest BCUT2D eigenvalue weighted by molar-refractivity contribution is 6.03. The predicted octanol–water partition coefficient (Wildman–Crippen LogP) is 1.55. The lowest BCUT2D eigenvalue weighted by molar-refractivity contribution is -0.146. The molecule has 132 valence electrons. The van der Waals surface area contributed by atoms with E-state index in [9.17, 15) is 14.4 Å². The van der Waals surface area contributed by atoms with Crippen molar-refractivity contribution < 1.29 is 14.3 Å². The summed E-state index contributed by atoms with van der Waals surface area (Å²) in [4.78, 5) is 36.2. The summed E-state index contributed by atoms with van der Waals surface area (Å²) >= 11 is 0. The van der Waals surface area contributed by atoms with Crippen LogP contribution in [0, 0.1) is 6.92 Å². The molecule has 1 aromatic heterocycles. The number of aryl methyl sites for hydroxylation is 1. The van der Waals surface area contributed by atoms with Crippen LogP contribution in [-0.2, 0) is 22.7 Å². The SMILES string of the molecule is Cc1cccc(COC(=O)Cn2nc(C(N)=O)c3ccccc3c2=O)c1. The maximum absolute atomic E-state index is 12.5. The standard InChI is InChI=1S/C19H17N3O4/c1-12-5-4-6-13(9-12)11-26-16(23)10-22-19(25)15-8-3-2-7-14(15)17(21-22)18(20)24/h2-9H,10-11H2,1H3,(H2,20,24). The van der Waals surface area contributed by atoms with Crippen molar-refractivity contribution in [1.82, 2.24) is 9.78 Å². The van der Waals surface area contributed by atoms with Crippen molar-refractivity contribution in [1.29, 1.82) is 0 Å². The maximum atomic E-state index is 12.5. The molecular formula is C19H17N3O4. The van der Waals surface area contributed by atoms with E-state index in [-0.39, 0.29) is 17.7 Å². The van der Waals surface area contributed by atoms with Gasteiger partial charge in [-0.2, -0.15) is 5.10 Å². The van der Waals surface area contributed by atoms with Crippen molar-refractivity contribution in [2.24, 2.45) is 5.73 Å². The molecular weight excluding hydrogens is 334 g/mol. The summed E-state index contributed by atoms with van der Waals surface area (Å²) in [5.41, 5.74) is 6.69. The van der Waals surface area contributed by atoms with Gasteiger partial charge in [0, 0.05) is 5.39 Å². The smallest absolute Gasteiger partial charge is 0.328 e. The number of carbonyl (C=O) groups is 2. The van der Waals surface area contributed by atoms with E-state index in [0.29, 0.717) is 5.39 Å². The average molecular weight is 351 g/mol. The lowest BCUT2D eigenvalue weighted by atomic mass is 10.1. The van der Waals surface area contributed by atoms with E-state index in [1.165, 1.54) is 0 Å². The molecule has 0 spiro atoms. The van der Waals surface area contributed by atoms with Crippen LogP contribution < -0.4 is 11.3 Å². The zero-order valence-corrected chi connectivity index (χ0v) is 14.1. The van der Waals surface area contributed by atoms with Gasteiger partial charge in [0.2, 0.25) is 0 Å². The van der Waals surface area contributed by atoms with E-state index in [1.54, 1.807) is 24.3 Å². The highest BCUT2D eigenvalue weighted by Crippen LogP contribution is 2.12. The first-order chi connectivity index (χ1) is 12.5. The fraction of sp³-hybridized carbons (Fsp3) is 0.158. The molecule has 3 rings (SSSR count). The molecule has 0 radical (unpaired) electrons. The number of nitrogens with two attached hydrogens (primary N) is 1. The van der Waals surface area contributed by atoms with Gasteiger partial charge in [-0.25, -0.2) is 4.68 Å². The van der Waals surface area contributed by atoms with Gasteiger partial charge < -0.3 is 10.5 Å². The Hall–Kier alpha value is -3.48. The lowest BCUT2D eigenvalue weighted by Gasteiger charge is -2.09. The van der Waals surface area contributed by atoms with E-state index < -0.39 is 24.0 Å². The molecule has 1 heterocycles. The average Bonchev–Trinajstić information content (AvgIpc) is 2.62. The number of esters is 1. The number of hydrogen-bond acceptors (Lipinski definition) is 5. The third kappa shape index (κ3) is 3.61. The molecule has 7 nitrogen and oxygen atoms in total. The lowest BCUT2D eigenvalue weighted by Crippen LogP contribution is -2.31. The zero-order chi connectivity index (χ0) is 18.7. The zero-order valence-electron chi connectivity index (χ0n) is 14.1. The number of hydrogen-bond donors (Lipinski definition) is 1. The number of amides is 1. The molecule has 3 aromatic rings. The molecule has 2 aromatic carbocycles. The molecule has 1 amide bonds. The summed E-state index contributed by atoms with van der Waals surface area (Å²) in [5, 5.41) is 4.56. The van der Waals surface area contributed by atoms with Crippen LogP contribution in [0.25, 0.3) is 10.8 Å². The first-order valence-corrected chi connectivity index (χ1v) is 7.96. The van der Waals surface area contributed by atoms with Crippen molar-refractivity contribution in [3.05, 3.63) is 75.7 Å². The van der Waals surface area contributed by atoms with Gasteiger partial charge in [-0.1, -0.05) is 48.0 Å². The van der Waals surface area contributed by atoms with Gasteiger partial charge >= 0.3 is 5.97 Å². The van der Waals surface area contributed by atoms with Gasteiger partial charge in [-0.3, -0.25) is 14.4 Å². The van der Waals surface area contributed by atoms with Crippen LogP contribution in [-0.4, -0.2) is 21.7 Å². The Morgan fingerprint density at radius 3 is 2.54 bits per heavy atom. The first kappa shape index (κ1) is 17.3. The highest BCUT2D eigenvalue weighted by Gasteiger charge is 2.16. The van der Waals surface area contributed by atoms with Crippen molar-refractivity contribution in [3.63, 3.8) is 0 Å². The molecule has 7 heteroatoms. The summed E-state index contributed by atoms with van der Waals surface area (Å²) in [6.07, 6.45) is 0. The second-order valence-corrected chi connectivity index (χ2v) is 5.87. The molecule has 0 fully saturated rings. The molecule has 0 unspecified atom stereocenters. The molecule has 0 atom stereocenters. The van der Waals surface area contributed by atoms with Crippen LogP contribution in [0.4, 0.5) is 0 Å². The van der Waals surface area contributed by atoms with Crippen LogP contribution in [0.5, 0.6) is 0 Å². The predicted molar refractivity (Wildman–Crippen MR) is 95.5 cm³/mol. The van der Waals surface area contributed by atoms with E-state index in [2.05, 4.69) is 5.10 Å². The van der Waals surface area contributed by atoms with Crippen molar-refractivity contribution in [3.8, 4) is 0 Å². The fourth-order valence-electron chi connectivity index (χ4n) is 2.66. The van der Waals surface area contributed by atoms with Crippen LogP contribution in [0.15, 0.2) is 53.3 Å². The minimum Gasteiger partial charge on any atom is -0.459 e. The van der Waals surface area contributed by atoms with E-state index in [0.717, 1.165) is 15.8 Å². The second-order valence-electron chi connectivity index (χ2n) is 5.87. The first-order valence-electron chi connectivity index (χ1n) is 7.96. The van der Waals surface area contributed by atoms with Gasteiger partial charge in [0.15, 0.2) is 5.69 Å². The number of nitrogens with zero attached hydrogens (tertiary/aromatic N) is 2. The van der Waals surface area contributed by atoms with E-state index in [1.807, 2.05) is 31.2 Å². The molecule has 2 N–H and O–H groups in total. The van der Waals surface area contributed by atoms with Crippen molar-refractivity contribution >= 4 is 22.6 Å². The third-order valence-corrected chi connectivity index (χ3v) is 3.86. The number of ether oxygens (including phenoxy) is 1. The number of carbonyl (C=O) groups excluding carboxylic acids is 2. The molecule has 0 aliphatic rings. The summed E-state index contributed by atoms with van der Waals surface area (Å²) in [7, 11) is 0. The Balaban J connectivity index is 1.84. The van der Waals surface area contributed by atoms with Crippen LogP contribution in [0.1, 0.15) is 21.6 Å². The number of benzene rings is 2. The summed E-state index contributed by atoms with van der Waals surface area (Å²) in [5.74, 6) is -1.41. The normalized spacial score (nSPS) is 10.7. The topological polar surface area (TPSA) is 104 Å². The van der Waals surface area contributed by atoms with Gasteiger partial charge in [0.25, 0.3) is 11.5 Å². The minimum absolute atomic E-state index is 0.0633. The number of fused-ring (bicyclic) bond motifs is 1. The van der Waals surface area contributed by atoms with Gasteiger partial charge in [0.1, 0.15) is 13.2 Å². The fourth-order valence-corrected chi connectivity index (χ4v) is 2.66. The second kappa shape index (κ2) is 7.18. The Bertz CT molecular complexity index is 1060. The monoisotopic (exact) mass is 351 g/mol. The third-order valence-electron chi connectivity index (χ3n) is 3.86. The van der Waals surface area contributed by atoms with Gasteiger partial charge in [0.05, 0.1) is 5.39 Å². The summed E-state index contributed by atoms with van der Waals surface area (Å²) in [6, 6.07) is 14.0. The highest BCUT2D eigenvalue weighted by atomic mass is 16.5. The van der Waals surface area contributed by atoms with Crippen LogP contribution in [0.3, 0.4) is 0 Å². The molecule has 0 saturated carbocycles. The quantitative estimate of drug-likeness (QED) is 0.702. The summed E-state index contributed by atoms with van der Waals surface area (Å²) in [6.45, 7) is 1.62. The van der Waals surface area contributed by atoms with Crippen LogP contribution >= 0.6 is 0 Å².